The molecule has 1 aromatic rings. The SMILES string of the molecule is COCCN(CCBr)C(=O)c1cccnc1OC. The molecule has 1 rings (SSSR count). The predicted octanol–water partition coefficient (Wildman–Crippen LogP) is 1.57. The molecule has 1 heterocycles. The summed E-state index contributed by atoms with van der Waals surface area (Å²) >= 11 is 3.34. The van der Waals surface area contributed by atoms with Crippen molar-refractivity contribution >= 4 is 21.8 Å². The summed E-state index contributed by atoms with van der Waals surface area (Å²) in [6.07, 6.45) is 1.60. The number of aromatic nitrogens is 1. The van der Waals surface area contributed by atoms with Crippen molar-refractivity contribution in [3.8, 4) is 5.88 Å². The van der Waals surface area contributed by atoms with Crippen LogP contribution in [0, 0.1) is 0 Å². The molecule has 0 aliphatic rings. The van der Waals surface area contributed by atoms with Gasteiger partial charge in [-0.05, 0) is 12.1 Å². The quantitative estimate of drug-likeness (QED) is 0.717. The van der Waals surface area contributed by atoms with Crippen LogP contribution in [0.25, 0.3) is 0 Å². The number of hydrogen-bond acceptors (Lipinski definition) is 4. The van der Waals surface area contributed by atoms with Crippen LogP contribution in [0.1, 0.15) is 10.4 Å². The first-order valence-corrected chi connectivity index (χ1v) is 6.70. The van der Waals surface area contributed by atoms with Crippen molar-refractivity contribution in [3.63, 3.8) is 0 Å². The Labute approximate surface area is 115 Å². The van der Waals surface area contributed by atoms with Crippen LogP contribution < -0.4 is 4.74 Å². The molecule has 0 aromatic carbocycles. The van der Waals surface area contributed by atoms with E-state index in [0.29, 0.717) is 36.5 Å². The third-order valence-corrected chi connectivity index (χ3v) is 2.76. The molecule has 0 saturated carbocycles. The Morgan fingerprint density at radius 1 is 1.44 bits per heavy atom. The lowest BCUT2D eigenvalue weighted by atomic mass is 10.2. The zero-order valence-electron chi connectivity index (χ0n) is 10.6. The maximum absolute atomic E-state index is 12.3. The molecule has 5 nitrogen and oxygen atoms in total. The normalized spacial score (nSPS) is 10.2. The predicted molar refractivity (Wildman–Crippen MR) is 72.4 cm³/mol. The topological polar surface area (TPSA) is 51.7 Å². The second kappa shape index (κ2) is 8.05. The standard InChI is InChI=1S/C12H17BrN2O3/c1-17-9-8-15(7-5-13)12(16)10-4-3-6-14-11(10)18-2/h3-4,6H,5,7-9H2,1-2H3. The van der Waals surface area contributed by atoms with Gasteiger partial charge in [-0.25, -0.2) is 4.98 Å². The fourth-order valence-electron chi connectivity index (χ4n) is 1.50. The molecule has 0 unspecified atom stereocenters. The van der Waals surface area contributed by atoms with Crippen LogP contribution >= 0.6 is 15.9 Å². The van der Waals surface area contributed by atoms with E-state index < -0.39 is 0 Å². The van der Waals surface area contributed by atoms with Crippen molar-refractivity contribution in [2.75, 3.05) is 39.2 Å². The average molecular weight is 317 g/mol. The fraction of sp³-hybridized carbons (Fsp3) is 0.500. The first-order valence-electron chi connectivity index (χ1n) is 5.57. The smallest absolute Gasteiger partial charge is 0.259 e. The molecular weight excluding hydrogens is 300 g/mol. The van der Waals surface area contributed by atoms with E-state index in [9.17, 15) is 4.79 Å². The molecule has 1 aromatic heterocycles. The molecule has 0 N–H and O–H groups in total. The van der Waals surface area contributed by atoms with Crippen LogP contribution in [0.4, 0.5) is 0 Å². The Hall–Kier alpha value is -1.14. The second-order valence-corrected chi connectivity index (χ2v) is 4.33. The first kappa shape index (κ1) is 14.9. The number of pyridine rings is 1. The molecule has 18 heavy (non-hydrogen) atoms. The monoisotopic (exact) mass is 316 g/mol. The van der Waals surface area contributed by atoms with E-state index in [1.807, 2.05) is 0 Å². The highest BCUT2D eigenvalue weighted by Gasteiger charge is 2.19. The summed E-state index contributed by atoms with van der Waals surface area (Å²) in [7, 11) is 3.12. The van der Waals surface area contributed by atoms with Crippen molar-refractivity contribution in [2.45, 2.75) is 0 Å². The highest BCUT2D eigenvalue weighted by molar-refractivity contribution is 9.09. The van der Waals surface area contributed by atoms with Crippen molar-refractivity contribution < 1.29 is 14.3 Å². The molecule has 0 spiro atoms. The number of carbonyl (C=O) groups is 1. The first-order chi connectivity index (χ1) is 8.74. The summed E-state index contributed by atoms with van der Waals surface area (Å²) in [6.45, 7) is 1.65. The van der Waals surface area contributed by atoms with E-state index in [4.69, 9.17) is 9.47 Å². The molecule has 0 aliphatic heterocycles. The largest absolute Gasteiger partial charge is 0.480 e. The van der Waals surface area contributed by atoms with Crippen LogP contribution in [0.2, 0.25) is 0 Å². The molecular formula is C12H17BrN2O3. The third kappa shape index (κ3) is 3.96. The number of alkyl halides is 1. The highest BCUT2D eigenvalue weighted by atomic mass is 79.9. The summed E-state index contributed by atoms with van der Waals surface area (Å²) in [5.41, 5.74) is 0.469. The Balaban J connectivity index is 2.86. The molecule has 0 radical (unpaired) electrons. The number of ether oxygens (including phenoxy) is 2. The summed E-state index contributed by atoms with van der Waals surface area (Å²) < 4.78 is 10.1. The summed E-state index contributed by atoms with van der Waals surface area (Å²) in [5.74, 6) is 0.246. The van der Waals surface area contributed by atoms with Crippen LogP contribution in [-0.4, -0.2) is 55.0 Å². The number of hydrogen-bond donors (Lipinski definition) is 0. The number of carbonyl (C=O) groups excluding carboxylic acids is 1. The maximum atomic E-state index is 12.3. The number of methoxy groups -OCH3 is 2. The van der Waals surface area contributed by atoms with Crippen LogP contribution in [-0.2, 0) is 4.74 Å². The zero-order valence-corrected chi connectivity index (χ0v) is 12.1. The number of halogens is 1. The Morgan fingerprint density at radius 2 is 2.22 bits per heavy atom. The summed E-state index contributed by atoms with van der Waals surface area (Å²) in [4.78, 5) is 18.1. The van der Waals surface area contributed by atoms with Gasteiger partial charge in [0.1, 0.15) is 5.56 Å². The van der Waals surface area contributed by atoms with Gasteiger partial charge < -0.3 is 14.4 Å². The van der Waals surface area contributed by atoms with Crippen LogP contribution in [0.5, 0.6) is 5.88 Å². The van der Waals surface area contributed by atoms with Crippen molar-refractivity contribution in [1.29, 1.82) is 0 Å². The lowest BCUT2D eigenvalue weighted by Crippen LogP contribution is -2.35. The fourth-order valence-corrected chi connectivity index (χ4v) is 1.93. The molecule has 0 atom stereocenters. The van der Waals surface area contributed by atoms with E-state index in [2.05, 4.69) is 20.9 Å². The van der Waals surface area contributed by atoms with Gasteiger partial charge in [-0.1, -0.05) is 15.9 Å². The van der Waals surface area contributed by atoms with Crippen LogP contribution in [0.15, 0.2) is 18.3 Å². The van der Waals surface area contributed by atoms with Gasteiger partial charge in [0.25, 0.3) is 5.91 Å². The summed E-state index contributed by atoms with van der Waals surface area (Å²) in [5, 5.41) is 0.713. The van der Waals surface area contributed by atoms with Gasteiger partial charge in [0.2, 0.25) is 5.88 Å². The van der Waals surface area contributed by atoms with Crippen molar-refractivity contribution in [1.82, 2.24) is 9.88 Å². The molecule has 0 aliphatic carbocycles. The van der Waals surface area contributed by atoms with Gasteiger partial charge in [0, 0.05) is 31.7 Å². The van der Waals surface area contributed by atoms with E-state index in [-0.39, 0.29) is 5.91 Å². The Bertz CT molecular complexity index is 387. The Kier molecular flexibility index (Phi) is 6.67. The van der Waals surface area contributed by atoms with E-state index in [0.717, 1.165) is 0 Å². The lowest BCUT2D eigenvalue weighted by molar-refractivity contribution is 0.0705. The minimum Gasteiger partial charge on any atom is -0.480 e. The van der Waals surface area contributed by atoms with E-state index in [1.165, 1.54) is 7.11 Å². The molecule has 6 heteroatoms. The van der Waals surface area contributed by atoms with Crippen LogP contribution in [0.3, 0.4) is 0 Å². The zero-order chi connectivity index (χ0) is 13.4. The molecule has 0 saturated heterocycles. The van der Waals surface area contributed by atoms with Gasteiger partial charge in [0.05, 0.1) is 13.7 Å². The summed E-state index contributed by atoms with van der Waals surface area (Å²) in [6, 6.07) is 3.43. The van der Waals surface area contributed by atoms with Crippen molar-refractivity contribution in [3.05, 3.63) is 23.9 Å². The molecule has 0 bridgehead atoms. The highest BCUT2D eigenvalue weighted by Crippen LogP contribution is 2.16. The van der Waals surface area contributed by atoms with Gasteiger partial charge >= 0.3 is 0 Å². The minimum atomic E-state index is -0.101. The molecule has 100 valence electrons. The number of rotatable bonds is 7. The maximum Gasteiger partial charge on any atom is 0.259 e. The molecule has 1 amide bonds. The van der Waals surface area contributed by atoms with E-state index in [1.54, 1.807) is 30.3 Å². The minimum absolute atomic E-state index is 0.101. The third-order valence-electron chi connectivity index (χ3n) is 2.40. The average Bonchev–Trinajstić information content (AvgIpc) is 2.42. The lowest BCUT2D eigenvalue weighted by Gasteiger charge is -2.21. The molecule has 0 fully saturated rings. The van der Waals surface area contributed by atoms with Gasteiger partial charge in [-0.2, -0.15) is 0 Å². The number of amides is 1. The Morgan fingerprint density at radius 3 is 2.83 bits per heavy atom. The van der Waals surface area contributed by atoms with Gasteiger partial charge in [-0.3, -0.25) is 4.79 Å². The van der Waals surface area contributed by atoms with Gasteiger partial charge in [-0.15, -0.1) is 0 Å². The second-order valence-electron chi connectivity index (χ2n) is 3.53. The number of nitrogens with zero attached hydrogens (tertiary/aromatic N) is 2. The van der Waals surface area contributed by atoms with Crippen molar-refractivity contribution in [2.24, 2.45) is 0 Å². The van der Waals surface area contributed by atoms with Gasteiger partial charge in [0.15, 0.2) is 0 Å². The van der Waals surface area contributed by atoms with E-state index >= 15 is 0 Å².